The molecular formula is C26H20N8O8S4. The molecule has 0 aliphatic heterocycles. The number of non-ortho nitro benzene ring substituents is 2. The van der Waals surface area contributed by atoms with Gasteiger partial charge in [-0.1, -0.05) is 59.1 Å². The van der Waals surface area contributed by atoms with E-state index in [2.05, 4.69) is 30.5 Å². The van der Waals surface area contributed by atoms with Crippen molar-refractivity contribution in [2.24, 2.45) is 0 Å². The highest BCUT2D eigenvalue weighted by molar-refractivity contribution is 7.89. The van der Waals surface area contributed by atoms with Gasteiger partial charge in [-0.05, 0) is 36.4 Å². The summed E-state index contributed by atoms with van der Waals surface area (Å²) in [4.78, 5) is 32.5. The van der Waals surface area contributed by atoms with E-state index < -0.39 is 29.9 Å². The summed E-state index contributed by atoms with van der Waals surface area (Å²) in [5, 5.41) is 22.2. The number of fused-ring (bicyclic) bond motifs is 2. The van der Waals surface area contributed by atoms with E-state index in [1.165, 1.54) is 59.1 Å². The topological polar surface area (TPSA) is 228 Å². The summed E-state index contributed by atoms with van der Waals surface area (Å²) in [5.41, 5.74) is 5.94. The molecule has 4 N–H and O–H groups in total. The number of para-hydroxylation sites is 2. The maximum Gasteiger partial charge on any atom is 0.270 e. The lowest BCUT2D eigenvalue weighted by Crippen LogP contribution is -2.29. The zero-order valence-corrected chi connectivity index (χ0v) is 26.2. The Bertz CT molecular complexity index is 2060. The van der Waals surface area contributed by atoms with E-state index >= 15 is 0 Å². The molecular weight excluding hydrogens is 681 g/mol. The fraction of sp³-hybridized carbons (Fsp3) is 0. The molecule has 0 atom stereocenters. The number of thiazole rings is 2. The first-order chi connectivity index (χ1) is 21.9. The standard InChI is InChI=1S/2C13H10N4O4S2/c2*18-17(19)9-4-3-5-10(8-9)23(20,21)16-15-13-14-11-6-1-2-7-12(11)22-13/h2*1-8,16H,(H,14,15). The van der Waals surface area contributed by atoms with Crippen molar-refractivity contribution in [3.8, 4) is 0 Å². The maximum absolute atomic E-state index is 12.2. The summed E-state index contributed by atoms with van der Waals surface area (Å²) in [5.74, 6) is 0. The molecule has 0 radical (unpaired) electrons. The summed E-state index contributed by atoms with van der Waals surface area (Å²) >= 11 is 2.57. The van der Waals surface area contributed by atoms with Gasteiger partial charge in [0.2, 0.25) is 0 Å². The van der Waals surface area contributed by atoms with Crippen LogP contribution in [0.2, 0.25) is 0 Å². The quantitative estimate of drug-likeness (QED) is 0.109. The highest BCUT2D eigenvalue weighted by Crippen LogP contribution is 2.26. The van der Waals surface area contributed by atoms with Crippen LogP contribution >= 0.6 is 22.7 Å². The Hall–Kier alpha value is -5.12. The lowest BCUT2D eigenvalue weighted by molar-refractivity contribution is -0.385. The summed E-state index contributed by atoms with van der Waals surface area (Å²) in [6.07, 6.45) is 0. The minimum atomic E-state index is -3.95. The molecule has 20 heteroatoms. The monoisotopic (exact) mass is 700 g/mol. The van der Waals surface area contributed by atoms with Gasteiger partial charge in [0.25, 0.3) is 31.4 Å². The second-order valence-corrected chi connectivity index (χ2v) is 14.4. The first-order valence-electron chi connectivity index (χ1n) is 12.7. The van der Waals surface area contributed by atoms with Crippen molar-refractivity contribution in [2.45, 2.75) is 9.79 Å². The second kappa shape index (κ2) is 13.5. The molecule has 0 bridgehead atoms. The molecule has 0 saturated carbocycles. The zero-order chi connectivity index (χ0) is 32.9. The number of hydrogen-bond acceptors (Lipinski definition) is 14. The maximum atomic E-state index is 12.2. The average Bonchev–Trinajstić information content (AvgIpc) is 3.67. The van der Waals surface area contributed by atoms with Crippen molar-refractivity contribution in [3.63, 3.8) is 0 Å². The van der Waals surface area contributed by atoms with Crippen LogP contribution < -0.4 is 20.5 Å². The van der Waals surface area contributed by atoms with Crippen LogP contribution in [-0.2, 0) is 20.0 Å². The number of benzene rings is 4. The SMILES string of the molecule is O=[N+]([O-])c1cccc(S(=O)(=O)NNc2nc3ccccc3s2)c1.O=[N+]([O-])c1cccc(S(=O)(=O)NNc2nc3ccccc3s2)c1. The zero-order valence-electron chi connectivity index (χ0n) is 22.9. The third-order valence-electron chi connectivity index (χ3n) is 5.85. The molecule has 0 aliphatic carbocycles. The van der Waals surface area contributed by atoms with Crippen molar-refractivity contribution < 1.29 is 26.7 Å². The fourth-order valence-electron chi connectivity index (χ4n) is 3.72. The fourth-order valence-corrected chi connectivity index (χ4v) is 7.25. The minimum absolute atomic E-state index is 0.208. The number of hydrazine groups is 2. The van der Waals surface area contributed by atoms with E-state index in [1.54, 1.807) is 0 Å². The number of rotatable bonds is 10. The predicted octanol–water partition coefficient (Wildman–Crippen LogP) is 5.02. The number of hydrogen-bond donors (Lipinski definition) is 4. The Morgan fingerprint density at radius 1 is 0.565 bits per heavy atom. The normalized spacial score (nSPS) is 11.5. The molecule has 0 spiro atoms. The van der Waals surface area contributed by atoms with Crippen LogP contribution in [0.15, 0.2) is 107 Å². The summed E-state index contributed by atoms with van der Waals surface area (Å²) in [6.45, 7) is 0. The molecule has 0 aliphatic rings. The van der Waals surface area contributed by atoms with Crippen LogP contribution in [0.4, 0.5) is 21.6 Å². The van der Waals surface area contributed by atoms with E-state index in [0.29, 0.717) is 10.3 Å². The van der Waals surface area contributed by atoms with Crippen molar-refractivity contribution in [1.29, 1.82) is 0 Å². The molecule has 6 aromatic rings. The first-order valence-corrected chi connectivity index (χ1v) is 17.3. The second-order valence-electron chi connectivity index (χ2n) is 8.94. The van der Waals surface area contributed by atoms with E-state index in [9.17, 15) is 37.1 Å². The molecule has 2 heterocycles. The van der Waals surface area contributed by atoms with Gasteiger partial charge in [-0.25, -0.2) is 26.8 Å². The molecule has 0 saturated heterocycles. The van der Waals surface area contributed by atoms with Crippen LogP contribution in [0, 0.1) is 20.2 Å². The number of nitrogens with one attached hydrogen (secondary N) is 4. The highest BCUT2D eigenvalue weighted by atomic mass is 32.2. The Balaban J connectivity index is 0.000000181. The third-order valence-corrected chi connectivity index (χ3v) is 10.2. The molecule has 4 aromatic carbocycles. The van der Waals surface area contributed by atoms with E-state index in [0.717, 1.165) is 32.6 Å². The van der Waals surface area contributed by atoms with Crippen molar-refractivity contribution in [3.05, 3.63) is 117 Å². The minimum Gasteiger partial charge on any atom is -0.283 e. The largest absolute Gasteiger partial charge is 0.283 e. The molecule has 16 nitrogen and oxygen atoms in total. The first kappa shape index (κ1) is 32.3. The van der Waals surface area contributed by atoms with E-state index in [1.807, 2.05) is 48.5 Å². The number of aromatic nitrogens is 2. The molecule has 0 amide bonds. The molecule has 236 valence electrons. The lowest BCUT2D eigenvalue weighted by atomic mass is 10.3. The lowest BCUT2D eigenvalue weighted by Gasteiger charge is -2.06. The molecule has 0 fully saturated rings. The van der Waals surface area contributed by atoms with Gasteiger partial charge in [0.1, 0.15) is 0 Å². The summed E-state index contributed by atoms with van der Waals surface area (Å²) in [7, 11) is -7.90. The number of nitro benzene ring substituents is 2. The van der Waals surface area contributed by atoms with Crippen LogP contribution in [0.1, 0.15) is 0 Å². The third kappa shape index (κ3) is 7.74. The molecule has 2 aromatic heterocycles. The van der Waals surface area contributed by atoms with Gasteiger partial charge >= 0.3 is 0 Å². The molecule has 46 heavy (non-hydrogen) atoms. The molecule has 6 rings (SSSR count). The van der Waals surface area contributed by atoms with Crippen LogP contribution in [0.5, 0.6) is 0 Å². The number of anilines is 2. The van der Waals surface area contributed by atoms with Gasteiger partial charge in [-0.15, -0.1) is 9.66 Å². The van der Waals surface area contributed by atoms with E-state index in [-0.39, 0.29) is 21.2 Å². The van der Waals surface area contributed by atoms with Crippen LogP contribution in [0.25, 0.3) is 20.4 Å². The number of nitro groups is 2. The average molecular weight is 701 g/mol. The van der Waals surface area contributed by atoms with Gasteiger partial charge in [-0.3, -0.25) is 31.1 Å². The number of sulfonamides is 2. The van der Waals surface area contributed by atoms with Crippen molar-refractivity contribution >= 4 is 84.8 Å². The van der Waals surface area contributed by atoms with Gasteiger partial charge < -0.3 is 0 Å². The summed E-state index contributed by atoms with van der Waals surface area (Å²) < 4.78 is 50.5. The highest BCUT2D eigenvalue weighted by Gasteiger charge is 2.19. The van der Waals surface area contributed by atoms with E-state index in [4.69, 9.17) is 0 Å². The molecule has 0 unspecified atom stereocenters. The number of nitrogens with zero attached hydrogens (tertiary/aromatic N) is 4. The summed E-state index contributed by atoms with van der Waals surface area (Å²) in [6, 6.07) is 24.3. The van der Waals surface area contributed by atoms with Crippen LogP contribution in [0.3, 0.4) is 0 Å². The van der Waals surface area contributed by atoms with Gasteiger partial charge in [0.05, 0.1) is 40.1 Å². The Labute approximate surface area is 268 Å². The Morgan fingerprint density at radius 2 is 0.957 bits per heavy atom. The van der Waals surface area contributed by atoms with Gasteiger partial charge in [0, 0.05) is 24.3 Å². The predicted molar refractivity (Wildman–Crippen MR) is 173 cm³/mol. The van der Waals surface area contributed by atoms with Gasteiger partial charge in [0.15, 0.2) is 10.3 Å². The van der Waals surface area contributed by atoms with Gasteiger partial charge in [-0.2, -0.15) is 0 Å². The smallest absolute Gasteiger partial charge is 0.270 e. The van der Waals surface area contributed by atoms with Crippen LogP contribution in [-0.4, -0.2) is 36.7 Å². The Morgan fingerprint density at radius 3 is 1.33 bits per heavy atom. The van der Waals surface area contributed by atoms with Crippen molar-refractivity contribution in [2.75, 3.05) is 10.9 Å². The van der Waals surface area contributed by atoms with Crippen molar-refractivity contribution in [1.82, 2.24) is 19.6 Å². The Kier molecular flexibility index (Phi) is 9.46.